The molecule has 0 rings (SSSR count). The fourth-order valence-electron chi connectivity index (χ4n) is 5.88. The van der Waals surface area contributed by atoms with Crippen molar-refractivity contribution in [3.8, 4) is 0 Å². The van der Waals surface area contributed by atoms with Crippen LogP contribution in [0.5, 0.6) is 0 Å². The van der Waals surface area contributed by atoms with Crippen molar-refractivity contribution >= 4 is 25.7 Å². The summed E-state index contributed by atoms with van der Waals surface area (Å²) >= 11 is 0. The Morgan fingerprint density at radius 2 is 0.943 bits per heavy atom. The summed E-state index contributed by atoms with van der Waals surface area (Å²) in [6, 6.07) is -1.52. The molecule has 3 atom stereocenters. The highest BCUT2D eigenvalue weighted by molar-refractivity contribution is 7.47. The van der Waals surface area contributed by atoms with E-state index in [9.17, 15) is 23.8 Å². The van der Waals surface area contributed by atoms with E-state index in [4.69, 9.17) is 24.8 Å². The second-order valence-electron chi connectivity index (χ2n) is 14.5. The quantitative estimate of drug-likeness (QED) is 0.0234. The van der Waals surface area contributed by atoms with Crippen LogP contribution in [0.4, 0.5) is 0 Å². The first-order valence-electron chi connectivity index (χ1n) is 21.2. The van der Waals surface area contributed by atoms with E-state index in [0.717, 1.165) is 38.5 Å². The Bertz CT molecular complexity index is 963. The molecule has 0 aromatic carbocycles. The molecule has 53 heavy (non-hydrogen) atoms. The van der Waals surface area contributed by atoms with Crippen LogP contribution in [0.1, 0.15) is 200 Å². The fourth-order valence-corrected chi connectivity index (χ4v) is 6.66. The zero-order valence-corrected chi connectivity index (χ0v) is 34.5. The van der Waals surface area contributed by atoms with E-state index in [-0.39, 0.29) is 19.4 Å². The average molecular weight is 776 g/mol. The summed E-state index contributed by atoms with van der Waals surface area (Å²) in [5.41, 5.74) is 5.32. The normalized spacial score (nSPS) is 13.9. The highest BCUT2D eigenvalue weighted by Crippen LogP contribution is 2.43. The molecule has 0 heterocycles. The van der Waals surface area contributed by atoms with Crippen LogP contribution in [-0.2, 0) is 37.5 Å². The van der Waals surface area contributed by atoms with E-state index in [2.05, 4.69) is 30.5 Å². The summed E-state index contributed by atoms with van der Waals surface area (Å²) in [4.78, 5) is 45.9. The molecule has 0 fully saturated rings. The van der Waals surface area contributed by atoms with E-state index >= 15 is 0 Å². The third-order valence-electron chi connectivity index (χ3n) is 9.26. The molecular formula is C41H78NO10P. The van der Waals surface area contributed by atoms with Crippen LogP contribution in [-0.4, -0.2) is 59.9 Å². The van der Waals surface area contributed by atoms with Crippen LogP contribution < -0.4 is 5.73 Å². The van der Waals surface area contributed by atoms with Gasteiger partial charge in [0.05, 0.1) is 13.2 Å². The second-order valence-corrected chi connectivity index (χ2v) is 15.9. The number of carboxylic acid groups (broad SMARTS) is 1. The standard InChI is InChI=1S/C41H78NO10P/c1-3-5-7-9-11-13-15-17-19-21-23-25-27-29-31-33-40(44)52-37(35-50-53(47,48)51-36-38(42)41(45)46)34-49-39(43)32-30-28-26-24-22-20-18-16-14-12-10-8-6-4-2/h23,25,37-38H,3-22,24,26-36,42H2,1-2H3,(H,45,46)(H,47,48)/b25-23+/t37-,38+/m1/s1. The number of nitrogens with two attached hydrogens (primary N) is 1. The molecule has 4 N–H and O–H groups in total. The zero-order valence-electron chi connectivity index (χ0n) is 33.6. The number of esters is 2. The van der Waals surface area contributed by atoms with Gasteiger partial charge in [0.1, 0.15) is 12.6 Å². The Morgan fingerprint density at radius 1 is 0.566 bits per heavy atom. The van der Waals surface area contributed by atoms with Crippen LogP contribution in [0.3, 0.4) is 0 Å². The van der Waals surface area contributed by atoms with Crippen molar-refractivity contribution < 1.29 is 47.5 Å². The molecule has 1 unspecified atom stereocenters. The summed E-state index contributed by atoms with van der Waals surface area (Å²) in [6.45, 7) is 2.79. The van der Waals surface area contributed by atoms with Crippen molar-refractivity contribution in [2.75, 3.05) is 19.8 Å². The molecule has 312 valence electrons. The summed E-state index contributed by atoms with van der Waals surface area (Å²) < 4.78 is 32.6. The predicted octanol–water partition coefficient (Wildman–Crippen LogP) is 10.9. The van der Waals surface area contributed by atoms with Gasteiger partial charge in [0.15, 0.2) is 6.10 Å². The van der Waals surface area contributed by atoms with Crippen molar-refractivity contribution in [3.63, 3.8) is 0 Å². The zero-order chi connectivity index (χ0) is 39.3. The van der Waals surface area contributed by atoms with Gasteiger partial charge in [0.2, 0.25) is 0 Å². The summed E-state index contributed by atoms with van der Waals surface area (Å²) in [5, 5.41) is 8.87. The topological polar surface area (TPSA) is 172 Å². The molecule has 0 aliphatic rings. The van der Waals surface area contributed by atoms with Gasteiger partial charge in [-0.25, -0.2) is 4.57 Å². The fraction of sp³-hybridized carbons (Fsp3) is 0.878. The number of phosphoric ester groups is 1. The highest BCUT2D eigenvalue weighted by Gasteiger charge is 2.28. The van der Waals surface area contributed by atoms with Crippen LogP contribution in [0.15, 0.2) is 12.2 Å². The summed E-state index contributed by atoms with van der Waals surface area (Å²) in [5.74, 6) is -2.39. The van der Waals surface area contributed by atoms with Crippen molar-refractivity contribution in [3.05, 3.63) is 12.2 Å². The van der Waals surface area contributed by atoms with Gasteiger partial charge in [-0.1, -0.05) is 161 Å². The highest BCUT2D eigenvalue weighted by atomic mass is 31.2. The molecule has 0 spiro atoms. The maximum Gasteiger partial charge on any atom is 0.472 e. The molecule has 0 aliphatic heterocycles. The summed E-state index contributed by atoms with van der Waals surface area (Å²) in [7, 11) is -4.71. The van der Waals surface area contributed by atoms with Gasteiger partial charge in [-0.05, 0) is 38.5 Å². The minimum Gasteiger partial charge on any atom is -0.480 e. The number of allylic oxidation sites excluding steroid dienone is 2. The largest absolute Gasteiger partial charge is 0.480 e. The molecule has 0 aromatic rings. The van der Waals surface area contributed by atoms with Crippen molar-refractivity contribution in [1.82, 2.24) is 0 Å². The maximum atomic E-state index is 12.6. The lowest BCUT2D eigenvalue weighted by Crippen LogP contribution is -2.34. The Hall–Kier alpha value is -1.78. The van der Waals surface area contributed by atoms with Crippen molar-refractivity contribution in [2.45, 2.75) is 212 Å². The number of rotatable bonds is 40. The first-order chi connectivity index (χ1) is 25.6. The van der Waals surface area contributed by atoms with E-state index in [1.54, 1.807) is 0 Å². The van der Waals surface area contributed by atoms with Crippen LogP contribution in [0.2, 0.25) is 0 Å². The Labute approximate surface area is 322 Å². The van der Waals surface area contributed by atoms with E-state index < -0.39 is 51.1 Å². The molecular weight excluding hydrogens is 697 g/mol. The average Bonchev–Trinajstić information content (AvgIpc) is 3.13. The first kappa shape index (κ1) is 51.2. The number of hydrogen-bond donors (Lipinski definition) is 3. The van der Waals surface area contributed by atoms with E-state index in [0.29, 0.717) is 12.8 Å². The molecule has 0 radical (unpaired) electrons. The number of carbonyl (C=O) groups excluding carboxylic acids is 2. The lowest BCUT2D eigenvalue weighted by molar-refractivity contribution is -0.161. The second kappa shape index (κ2) is 37.2. The number of phosphoric acid groups is 1. The van der Waals surface area contributed by atoms with Crippen LogP contribution >= 0.6 is 7.82 Å². The van der Waals surface area contributed by atoms with Gasteiger partial charge < -0.3 is 25.2 Å². The van der Waals surface area contributed by atoms with Crippen molar-refractivity contribution in [2.24, 2.45) is 5.73 Å². The minimum absolute atomic E-state index is 0.135. The van der Waals surface area contributed by atoms with Gasteiger partial charge in [-0.15, -0.1) is 0 Å². The molecule has 11 nitrogen and oxygen atoms in total. The molecule has 0 amide bonds. The van der Waals surface area contributed by atoms with Gasteiger partial charge >= 0.3 is 25.7 Å². The number of carbonyl (C=O) groups is 3. The smallest absolute Gasteiger partial charge is 0.472 e. The number of hydrogen-bond acceptors (Lipinski definition) is 9. The number of unbranched alkanes of at least 4 members (excludes halogenated alkanes) is 24. The number of ether oxygens (including phenoxy) is 2. The van der Waals surface area contributed by atoms with Crippen molar-refractivity contribution in [1.29, 1.82) is 0 Å². The third-order valence-corrected chi connectivity index (χ3v) is 10.2. The predicted molar refractivity (Wildman–Crippen MR) is 213 cm³/mol. The summed E-state index contributed by atoms with van der Waals surface area (Å²) in [6.07, 6.45) is 35.6. The maximum absolute atomic E-state index is 12.6. The Morgan fingerprint density at radius 3 is 1.42 bits per heavy atom. The lowest BCUT2D eigenvalue weighted by Gasteiger charge is -2.20. The van der Waals surface area contributed by atoms with Gasteiger partial charge in [0, 0.05) is 12.8 Å². The van der Waals surface area contributed by atoms with Gasteiger partial charge in [-0.3, -0.25) is 23.4 Å². The van der Waals surface area contributed by atoms with E-state index in [1.165, 1.54) is 122 Å². The molecule has 12 heteroatoms. The van der Waals surface area contributed by atoms with Crippen LogP contribution in [0, 0.1) is 0 Å². The monoisotopic (exact) mass is 776 g/mol. The Kier molecular flexibility index (Phi) is 35.9. The Balaban J connectivity index is 4.39. The van der Waals surface area contributed by atoms with Gasteiger partial charge in [-0.2, -0.15) is 0 Å². The van der Waals surface area contributed by atoms with Crippen LogP contribution in [0.25, 0.3) is 0 Å². The molecule has 0 aliphatic carbocycles. The SMILES string of the molecule is CCCCCCCCCCC/C=C/CCCCC(=O)O[C@H](COC(=O)CCCCCCCCCCCCCCCC)COP(=O)(O)OC[C@H](N)C(=O)O. The molecule has 0 saturated carbocycles. The molecule has 0 saturated heterocycles. The first-order valence-corrected chi connectivity index (χ1v) is 22.7. The van der Waals surface area contributed by atoms with E-state index in [1.807, 2.05) is 0 Å². The third kappa shape index (κ3) is 36.9. The molecule has 0 aromatic heterocycles. The number of carboxylic acids is 1. The molecule has 0 bridgehead atoms. The van der Waals surface area contributed by atoms with Gasteiger partial charge in [0.25, 0.3) is 0 Å². The lowest BCUT2D eigenvalue weighted by atomic mass is 10.0. The minimum atomic E-state index is -4.71. The number of aliphatic carboxylic acids is 1.